The summed E-state index contributed by atoms with van der Waals surface area (Å²) >= 11 is 0. The van der Waals surface area contributed by atoms with Gasteiger partial charge in [0.1, 0.15) is 34.8 Å². The summed E-state index contributed by atoms with van der Waals surface area (Å²) in [4.78, 5) is 74.1. The lowest BCUT2D eigenvalue weighted by molar-refractivity contribution is -0.141. The number of hydrogen-bond donors (Lipinski definition) is 4. The van der Waals surface area contributed by atoms with Crippen LogP contribution in [0.4, 0.5) is 9.59 Å². The lowest BCUT2D eigenvalue weighted by atomic mass is 9.87. The maximum atomic E-state index is 14.2. The number of carbonyl (C=O) groups excluding carboxylic acids is 4. The summed E-state index contributed by atoms with van der Waals surface area (Å²) in [5.41, 5.74) is 10.2. The van der Waals surface area contributed by atoms with E-state index in [0.29, 0.717) is 24.9 Å². The zero-order valence-electron chi connectivity index (χ0n) is 37.5. The maximum Gasteiger partial charge on any atom is 0.407 e. The zero-order chi connectivity index (χ0) is 44.7. The monoisotopic (exact) mass is 866 g/mol. The van der Waals surface area contributed by atoms with Gasteiger partial charge in [-0.05, 0) is 108 Å². The van der Waals surface area contributed by atoms with Gasteiger partial charge in [-0.15, -0.1) is 0 Å². The molecule has 334 valence electrons. The molecule has 14 heteroatoms. The number of fused-ring (bicyclic) bond motifs is 6. The van der Waals surface area contributed by atoms with Gasteiger partial charge in [-0.1, -0.05) is 76.3 Å². The first-order valence-corrected chi connectivity index (χ1v) is 22.9. The molecule has 4 heterocycles. The number of H-pyrrole nitrogens is 2. The minimum atomic E-state index is -0.695. The van der Waals surface area contributed by atoms with E-state index in [9.17, 15) is 19.2 Å². The van der Waals surface area contributed by atoms with E-state index in [-0.39, 0.29) is 23.7 Å². The van der Waals surface area contributed by atoms with E-state index < -0.39 is 35.3 Å². The van der Waals surface area contributed by atoms with Crippen molar-refractivity contribution < 1.29 is 28.7 Å². The average Bonchev–Trinajstić information content (AvgIpc) is 4.15. The second-order valence-corrected chi connectivity index (χ2v) is 19.5. The van der Waals surface area contributed by atoms with Gasteiger partial charge in [-0.3, -0.25) is 9.59 Å². The van der Waals surface area contributed by atoms with Gasteiger partial charge in [0.25, 0.3) is 0 Å². The topological polar surface area (TPSA) is 175 Å². The molecule has 4 bridgehead atoms. The lowest BCUT2D eigenvalue weighted by Crippen LogP contribution is -2.56. The van der Waals surface area contributed by atoms with Crippen LogP contribution in [0.2, 0.25) is 0 Å². The molecule has 0 radical (unpaired) electrons. The van der Waals surface area contributed by atoms with E-state index in [2.05, 4.69) is 69.2 Å². The Balaban J connectivity index is 0.935. The van der Waals surface area contributed by atoms with Gasteiger partial charge < -0.3 is 39.9 Å². The van der Waals surface area contributed by atoms with Crippen LogP contribution in [0.3, 0.4) is 0 Å². The minimum Gasteiger partial charge on any atom is -0.453 e. The summed E-state index contributed by atoms with van der Waals surface area (Å²) in [5.74, 6) is 1.96. The number of benzene rings is 2. The predicted octanol–water partition coefficient (Wildman–Crippen LogP) is 7.71. The second kappa shape index (κ2) is 15.8. The van der Waals surface area contributed by atoms with Crippen LogP contribution in [0.5, 0.6) is 0 Å². The first-order valence-electron chi connectivity index (χ1n) is 22.9. The molecule has 2 aromatic heterocycles. The number of hydrogen-bond acceptors (Lipinski definition) is 8. The molecule has 10 rings (SSSR count). The van der Waals surface area contributed by atoms with Gasteiger partial charge in [0.05, 0.1) is 38.0 Å². The number of aromatic nitrogens is 4. The van der Waals surface area contributed by atoms with Crippen molar-refractivity contribution in [3.8, 4) is 33.6 Å². The Morgan fingerprint density at radius 1 is 0.656 bits per heavy atom. The van der Waals surface area contributed by atoms with E-state index >= 15 is 0 Å². The molecule has 0 spiro atoms. The molecule has 6 aliphatic rings. The van der Waals surface area contributed by atoms with Gasteiger partial charge >= 0.3 is 12.2 Å². The number of nitrogens with zero attached hydrogens (tertiary/aromatic N) is 4. The zero-order valence-corrected chi connectivity index (χ0v) is 37.5. The van der Waals surface area contributed by atoms with E-state index in [1.807, 2.05) is 49.9 Å². The van der Waals surface area contributed by atoms with Crippen molar-refractivity contribution in [1.29, 1.82) is 0 Å². The van der Waals surface area contributed by atoms with Crippen molar-refractivity contribution in [2.75, 3.05) is 27.3 Å². The molecule has 0 unspecified atom stereocenters. The molecule has 2 saturated heterocycles. The fraction of sp³-hybridized carbons (Fsp3) is 0.480. The summed E-state index contributed by atoms with van der Waals surface area (Å²) in [5, 5.41) is 5.57. The number of amides is 4. The van der Waals surface area contributed by atoms with Crippen molar-refractivity contribution in [1.82, 2.24) is 40.4 Å². The quantitative estimate of drug-likeness (QED) is 0.119. The van der Waals surface area contributed by atoms with Crippen LogP contribution < -0.4 is 10.6 Å². The summed E-state index contributed by atoms with van der Waals surface area (Å²) in [6.07, 6.45) is 18.5. The molecular formula is C50H58N8O6. The van der Waals surface area contributed by atoms with Crippen molar-refractivity contribution in [2.45, 2.75) is 102 Å². The van der Waals surface area contributed by atoms with Crippen LogP contribution in [0.15, 0.2) is 48.8 Å². The van der Waals surface area contributed by atoms with E-state index in [4.69, 9.17) is 19.4 Å². The van der Waals surface area contributed by atoms with Crippen LogP contribution in [-0.4, -0.2) is 93.1 Å². The maximum absolute atomic E-state index is 14.2. The van der Waals surface area contributed by atoms with Gasteiger partial charge in [0, 0.05) is 24.2 Å². The minimum absolute atomic E-state index is 0.0965. The number of aromatic amines is 2. The van der Waals surface area contributed by atoms with Gasteiger partial charge in [0.2, 0.25) is 11.8 Å². The number of methoxy groups -OCH3 is 2. The highest BCUT2D eigenvalue weighted by molar-refractivity contribution is 5.92. The SMILES string of the molecule is COC(=O)N[C@H](C(=O)N1C[C@@H]2CC[C@@]1(c1ncc(-c3ccc(-c4ccc(-c5cnc([C@@]67CC[C@@H](CN6C(=O)[C@@H](NC(=O)OC)C(C)C)C7)[nH]5)c5c4C=CC5)c4c3CC=C4)[nH]1)C2)C(C)C. The number of ether oxygens (including phenoxy) is 2. The number of carbonyl (C=O) groups is 4. The Bertz CT molecular complexity index is 2450. The summed E-state index contributed by atoms with van der Waals surface area (Å²) < 4.78 is 9.74. The van der Waals surface area contributed by atoms with E-state index in [0.717, 1.165) is 85.5 Å². The Hall–Kier alpha value is -6.18. The van der Waals surface area contributed by atoms with Crippen molar-refractivity contribution in [2.24, 2.45) is 23.7 Å². The molecule has 4 amide bonds. The third-order valence-corrected chi connectivity index (χ3v) is 15.2. The number of alkyl carbamates (subject to hydrolysis) is 2. The molecule has 4 fully saturated rings. The normalized spacial score (nSPS) is 24.4. The van der Waals surface area contributed by atoms with E-state index in [1.165, 1.54) is 47.6 Å². The number of allylic oxidation sites excluding steroid dienone is 2. The average molecular weight is 867 g/mol. The number of imidazole rings is 2. The number of likely N-dealkylation sites (tertiary alicyclic amines) is 2. The molecule has 2 aromatic carbocycles. The molecule has 2 aliphatic heterocycles. The smallest absolute Gasteiger partial charge is 0.407 e. The van der Waals surface area contributed by atoms with Crippen molar-refractivity contribution in [3.63, 3.8) is 0 Å². The van der Waals surface area contributed by atoms with Crippen LogP contribution >= 0.6 is 0 Å². The van der Waals surface area contributed by atoms with Crippen LogP contribution in [-0.2, 0) is 43.0 Å². The Morgan fingerprint density at radius 2 is 1.06 bits per heavy atom. The summed E-state index contributed by atoms with van der Waals surface area (Å²) in [6, 6.07) is 7.46. The van der Waals surface area contributed by atoms with Crippen LogP contribution in [0.25, 0.3) is 45.8 Å². The molecule has 4 aromatic rings. The van der Waals surface area contributed by atoms with Crippen LogP contribution in [0, 0.1) is 23.7 Å². The summed E-state index contributed by atoms with van der Waals surface area (Å²) in [7, 11) is 2.63. The first-order chi connectivity index (χ1) is 30.8. The van der Waals surface area contributed by atoms with E-state index in [1.54, 1.807) is 0 Å². The largest absolute Gasteiger partial charge is 0.453 e. The van der Waals surface area contributed by atoms with Gasteiger partial charge in [-0.25, -0.2) is 19.6 Å². The molecular weight excluding hydrogens is 809 g/mol. The molecule has 64 heavy (non-hydrogen) atoms. The Kier molecular flexibility index (Phi) is 10.3. The van der Waals surface area contributed by atoms with Crippen molar-refractivity contribution >= 4 is 36.2 Å². The highest BCUT2D eigenvalue weighted by atomic mass is 16.5. The third-order valence-electron chi connectivity index (χ3n) is 15.2. The number of piperidine rings is 2. The molecule has 2 saturated carbocycles. The highest BCUT2D eigenvalue weighted by Crippen LogP contribution is 2.54. The fourth-order valence-electron chi connectivity index (χ4n) is 12.0. The summed E-state index contributed by atoms with van der Waals surface area (Å²) in [6.45, 7) is 9.04. The Morgan fingerprint density at radius 3 is 1.44 bits per heavy atom. The predicted molar refractivity (Wildman–Crippen MR) is 242 cm³/mol. The van der Waals surface area contributed by atoms with Gasteiger partial charge in [0.15, 0.2) is 0 Å². The number of rotatable bonds is 11. The highest BCUT2D eigenvalue weighted by Gasteiger charge is 2.58. The Labute approximate surface area is 373 Å². The van der Waals surface area contributed by atoms with Crippen molar-refractivity contribution in [3.05, 3.63) is 82.7 Å². The van der Waals surface area contributed by atoms with Crippen LogP contribution in [0.1, 0.15) is 100 Å². The first kappa shape index (κ1) is 41.8. The molecule has 14 nitrogen and oxygen atoms in total. The molecule has 6 atom stereocenters. The second-order valence-electron chi connectivity index (χ2n) is 19.5. The molecule has 4 N–H and O–H groups in total. The third kappa shape index (κ3) is 6.57. The fourth-order valence-corrected chi connectivity index (χ4v) is 12.0. The van der Waals surface area contributed by atoms with Gasteiger partial charge in [-0.2, -0.15) is 0 Å². The standard InChI is InChI=1S/C50H58N8O6/c1-27(2)41(55-47(61)63-5)43(59)57-25-29-17-19-49(57,21-29)45-51-23-39(53-45)37-15-13-35(31-9-7-11-33(31)37)36-14-16-38(34-12-8-10-32(34)36)40-24-52-46(54-40)50-20-18-30(22-50)26-58(50)44(60)42(28(3)4)56-48(62)64-6/h7-10,13-16,23-24,27-30,41-42H,11-12,17-22,25-26H2,1-6H3,(H,51,53)(H,52,54)(H,55,61)(H,56,62)/t29-,30-,41+,42+,49+,50+/m1/s1. The molecule has 4 aliphatic carbocycles. The number of nitrogens with one attached hydrogen (secondary N) is 4. The lowest BCUT2D eigenvalue weighted by Gasteiger charge is -2.40.